The highest BCUT2D eigenvalue weighted by Crippen LogP contribution is 2.35. The van der Waals surface area contributed by atoms with Gasteiger partial charge >= 0.3 is 6.18 Å². The van der Waals surface area contributed by atoms with Crippen molar-refractivity contribution >= 4 is 12.0 Å². The van der Waals surface area contributed by atoms with Gasteiger partial charge in [0.1, 0.15) is 6.04 Å². The minimum atomic E-state index is -4.41. The average Bonchev–Trinajstić information content (AvgIpc) is 3.35. The zero-order valence-corrected chi connectivity index (χ0v) is 15.9. The molecule has 0 N–H and O–H groups in total. The molecule has 1 fully saturated rings. The molecule has 0 bridgehead atoms. The lowest BCUT2D eigenvalue weighted by atomic mass is 10.1. The van der Waals surface area contributed by atoms with Gasteiger partial charge in [0.05, 0.1) is 5.56 Å². The fourth-order valence-corrected chi connectivity index (χ4v) is 3.44. The van der Waals surface area contributed by atoms with E-state index in [0.717, 1.165) is 23.3 Å². The number of alkyl halides is 3. The first-order chi connectivity index (χ1) is 14.3. The van der Waals surface area contributed by atoms with E-state index in [9.17, 15) is 18.0 Å². The van der Waals surface area contributed by atoms with E-state index in [4.69, 9.17) is 4.52 Å². The van der Waals surface area contributed by atoms with Gasteiger partial charge in [0.2, 0.25) is 17.6 Å². The largest absolute Gasteiger partial charge is 0.416 e. The number of likely N-dealkylation sites (tertiary alicyclic amines) is 1. The average molecular weight is 413 g/mol. The van der Waals surface area contributed by atoms with Crippen LogP contribution < -0.4 is 0 Å². The lowest BCUT2D eigenvalue weighted by molar-refractivity contribution is -0.137. The van der Waals surface area contributed by atoms with Crippen LogP contribution in [-0.4, -0.2) is 20.9 Å². The highest BCUT2D eigenvalue weighted by molar-refractivity contribution is 5.79. The van der Waals surface area contributed by atoms with Crippen LogP contribution in [0.1, 0.15) is 41.5 Å². The number of amides is 1. The first-order valence-electron chi connectivity index (χ1n) is 9.37. The van der Waals surface area contributed by atoms with Crippen LogP contribution in [0.2, 0.25) is 0 Å². The molecule has 154 valence electrons. The van der Waals surface area contributed by atoms with E-state index < -0.39 is 11.7 Å². The number of hydrogen-bond donors (Lipinski definition) is 0. The van der Waals surface area contributed by atoms with E-state index in [1.54, 1.807) is 11.0 Å². The summed E-state index contributed by atoms with van der Waals surface area (Å²) in [6, 6.07) is 11.9. The van der Waals surface area contributed by atoms with E-state index in [-0.39, 0.29) is 23.7 Å². The molecule has 5 nitrogen and oxygen atoms in total. The van der Waals surface area contributed by atoms with Gasteiger partial charge in [-0.05, 0) is 29.7 Å². The van der Waals surface area contributed by atoms with Crippen molar-refractivity contribution in [2.45, 2.75) is 31.6 Å². The predicted molar refractivity (Wildman–Crippen MR) is 104 cm³/mol. The standard InChI is InChI=1S/C22H18F3N3O2/c1-2-14-3-5-15(6-4-14)13-28-18(11-12-19(28)29)21-26-20(27-30-21)16-7-9-17(10-8-16)22(23,24)25/h2-10,18H,1,11-13H2. The van der Waals surface area contributed by atoms with Gasteiger partial charge in [-0.2, -0.15) is 18.2 Å². The van der Waals surface area contributed by atoms with Crippen molar-refractivity contribution in [2.75, 3.05) is 0 Å². The van der Waals surface area contributed by atoms with Crippen molar-refractivity contribution in [3.63, 3.8) is 0 Å². The van der Waals surface area contributed by atoms with Crippen LogP contribution in [0.5, 0.6) is 0 Å². The number of carbonyl (C=O) groups is 1. The maximum absolute atomic E-state index is 12.7. The zero-order valence-electron chi connectivity index (χ0n) is 15.9. The Kier molecular flexibility index (Phi) is 5.15. The van der Waals surface area contributed by atoms with Crippen LogP contribution in [0.4, 0.5) is 13.2 Å². The molecule has 1 aliphatic rings. The second-order valence-corrected chi connectivity index (χ2v) is 7.05. The van der Waals surface area contributed by atoms with Gasteiger partial charge in [0.15, 0.2) is 0 Å². The molecule has 0 saturated carbocycles. The Morgan fingerprint density at radius 1 is 1.13 bits per heavy atom. The summed E-state index contributed by atoms with van der Waals surface area (Å²) in [4.78, 5) is 18.4. The molecule has 1 unspecified atom stereocenters. The third-order valence-electron chi connectivity index (χ3n) is 5.09. The molecule has 4 rings (SSSR count). The van der Waals surface area contributed by atoms with Gasteiger partial charge in [-0.1, -0.05) is 54.2 Å². The summed E-state index contributed by atoms with van der Waals surface area (Å²) < 4.78 is 43.6. The molecule has 2 heterocycles. The highest BCUT2D eigenvalue weighted by atomic mass is 19.4. The van der Waals surface area contributed by atoms with Gasteiger partial charge in [-0.3, -0.25) is 4.79 Å². The molecular formula is C22H18F3N3O2. The van der Waals surface area contributed by atoms with E-state index in [1.807, 2.05) is 24.3 Å². The van der Waals surface area contributed by atoms with E-state index >= 15 is 0 Å². The molecule has 1 aliphatic heterocycles. The Labute approximate surface area is 170 Å². The maximum atomic E-state index is 12.7. The molecule has 0 spiro atoms. The lowest BCUT2D eigenvalue weighted by Gasteiger charge is -2.22. The van der Waals surface area contributed by atoms with Crippen LogP contribution >= 0.6 is 0 Å². The van der Waals surface area contributed by atoms with E-state index in [0.29, 0.717) is 24.9 Å². The Morgan fingerprint density at radius 2 is 1.83 bits per heavy atom. The summed E-state index contributed by atoms with van der Waals surface area (Å²) in [6.07, 6.45) is -1.75. The van der Waals surface area contributed by atoms with Gasteiger partial charge in [-0.25, -0.2) is 0 Å². The van der Waals surface area contributed by atoms with Crippen LogP contribution in [-0.2, 0) is 17.5 Å². The fraction of sp³-hybridized carbons (Fsp3) is 0.227. The summed E-state index contributed by atoms with van der Waals surface area (Å²) in [6.45, 7) is 4.13. The molecule has 0 aliphatic carbocycles. The molecular weight excluding hydrogens is 395 g/mol. The molecule has 1 aromatic heterocycles. The molecule has 2 aromatic carbocycles. The number of carbonyl (C=O) groups excluding carboxylic acids is 1. The van der Waals surface area contributed by atoms with Gasteiger partial charge in [-0.15, -0.1) is 0 Å². The smallest absolute Gasteiger partial charge is 0.337 e. The van der Waals surface area contributed by atoms with Crippen molar-refractivity contribution < 1.29 is 22.5 Å². The third kappa shape index (κ3) is 3.98. The number of nitrogens with zero attached hydrogens (tertiary/aromatic N) is 3. The van der Waals surface area contributed by atoms with Gasteiger partial charge in [0, 0.05) is 18.5 Å². The molecule has 30 heavy (non-hydrogen) atoms. The molecule has 1 atom stereocenters. The SMILES string of the molecule is C=Cc1ccc(CN2C(=O)CCC2c2nc(-c3ccc(C(F)(F)F)cc3)no2)cc1. The number of halogens is 3. The van der Waals surface area contributed by atoms with Gasteiger partial charge in [0.25, 0.3) is 0 Å². The second kappa shape index (κ2) is 7.78. The first kappa shape index (κ1) is 19.9. The quantitative estimate of drug-likeness (QED) is 0.572. The number of rotatable bonds is 5. The topological polar surface area (TPSA) is 59.2 Å². The summed E-state index contributed by atoms with van der Waals surface area (Å²) in [5.41, 5.74) is 1.61. The Bertz CT molecular complexity index is 1060. The minimum absolute atomic E-state index is 0.0120. The minimum Gasteiger partial charge on any atom is -0.337 e. The van der Waals surface area contributed by atoms with Crippen LogP contribution in [0.25, 0.3) is 17.5 Å². The van der Waals surface area contributed by atoms with Crippen molar-refractivity contribution in [1.29, 1.82) is 0 Å². The van der Waals surface area contributed by atoms with Crippen LogP contribution in [0.3, 0.4) is 0 Å². The Balaban J connectivity index is 1.53. The number of hydrogen-bond acceptors (Lipinski definition) is 4. The highest BCUT2D eigenvalue weighted by Gasteiger charge is 2.36. The Hall–Kier alpha value is -3.42. The van der Waals surface area contributed by atoms with Crippen LogP contribution in [0, 0.1) is 0 Å². The van der Waals surface area contributed by atoms with Crippen molar-refractivity contribution in [1.82, 2.24) is 15.0 Å². The molecule has 1 amide bonds. The third-order valence-corrected chi connectivity index (χ3v) is 5.09. The summed E-state index contributed by atoms with van der Waals surface area (Å²) in [7, 11) is 0. The number of benzene rings is 2. The maximum Gasteiger partial charge on any atom is 0.416 e. The van der Waals surface area contributed by atoms with Crippen molar-refractivity contribution in [3.05, 3.63) is 77.7 Å². The summed E-state index contributed by atoms with van der Waals surface area (Å²) in [5.74, 6) is 0.453. The molecule has 8 heteroatoms. The number of aromatic nitrogens is 2. The lowest BCUT2D eigenvalue weighted by Crippen LogP contribution is -2.27. The Morgan fingerprint density at radius 3 is 2.47 bits per heavy atom. The van der Waals surface area contributed by atoms with Crippen molar-refractivity contribution in [2.24, 2.45) is 0 Å². The first-order valence-corrected chi connectivity index (χ1v) is 9.37. The molecule has 0 radical (unpaired) electrons. The monoisotopic (exact) mass is 413 g/mol. The zero-order chi connectivity index (χ0) is 21.3. The van der Waals surface area contributed by atoms with Crippen molar-refractivity contribution in [3.8, 4) is 11.4 Å². The predicted octanol–water partition coefficient (Wildman–Crippen LogP) is 5.26. The second-order valence-electron chi connectivity index (χ2n) is 7.05. The van der Waals surface area contributed by atoms with Crippen LogP contribution in [0.15, 0.2) is 59.6 Å². The summed E-state index contributed by atoms with van der Waals surface area (Å²) in [5, 5.41) is 3.90. The molecule has 3 aromatic rings. The van der Waals surface area contributed by atoms with E-state index in [2.05, 4.69) is 16.7 Å². The summed E-state index contributed by atoms with van der Waals surface area (Å²) >= 11 is 0. The van der Waals surface area contributed by atoms with E-state index in [1.165, 1.54) is 12.1 Å². The van der Waals surface area contributed by atoms with Gasteiger partial charge < -0.3 is 9.42 Å². The molecule has 1 saturated heterocycles. The fourth-order valence-electron chi connectivity index (χ4n) is 3.44. The normalized spacial score (nSPS) is 16.8.